The number of allylic oxidation sites excluding steroid dienone is 1. The summed E-state index contributed by atoms with van der Waals surface area (Å²) in [6, 6.07) is 3.59. The van der Waals surface area contributed by atoms with E-state index in [9.17, 15) is 9.90 Å². The Labute approximate surface area is 172 Å². The third-order valence-corrected chi connectivity index (χ3v) is 7.17. The van der Waals surface area contributed by atoms with Gasteiger partial charge in [0.25, 0.3) is 0 Å². The van der Waals surface area contributed by atoms with Crippen molar-refractivity contribution in [1.82, 2.24) is 0 Å². The minimum Gasteiger partial charge on any atom is -0.477 e. The van der Waals surface area contributed by atoms with E-state index in [4.69, 9.17) is 16.7 Å². The van der Waals surface area contributed by atoms with E-state index in [1.54, 1.807) is 6.07 Å². The summed E-state index contributed by atoms with van der Waals surface area (Å²) in [5.41, 5.74) is 0. The number of hydrogen-bond donors (Lipinski definition) is 2. The number of aliphatic hydroxyl groups is 1. The fourth-order valence-corrected chi connectivity index (χ4v) is 5.36. The highest BCUT2D eigenvalue weighted by atomic mass is 35.5. The molecule has 0 spiro atoms. The number of unbranched alkanes of at least 4 members (excludes halogenated alkanes) is 5. The minimum atomic E-state index is -0.856. The standard InChI is InChI=1S/C22H33ClO3S/c1-2-3-4-5-6-7-8-11-18-17(19(23)15-20(18)24)12-9-10-16-13-14-21(27-16)22(25)26/h8,11,13-14,17-20,24H,2-7,9-10,12,15H2,1H3,(H,25,26)/b11-8+/t17-,18-,19-,20-/m1/s1. The molecule has 1 aliphatic carbocycles. The molecular weight excluding hydrogens is 380 g/mol. The molecule has 0 bridgehead atoms. The summed E-state index contributed by atoms with van der Waals surface area (Å²) in [5, 5.41) is 19.4. The number of aromatic carboxylic acids is 1. The summed E-state index contributed by atoms with van der Waals surface area (Å²) in [5.74, 6) is -0.399. The molecule has 0 aromatic carbocycles. The van der Waals surface area contributed by atoms with E-state index in [1.165, 1.54) is 43.4 Å². The molecule has 1 fully saturated rings. The van der Waals surface area contributed by atoms with Crippen LogP contribution >= 0.6 is 22.9 Å². The number of alkyl halides is 1. The third kappa shape index (κ3) is 7.24. The van der Waals surface area contributed by atoms with Crippen LogP contribution in [-0.4, -0.2) is 27.7 Å². The molecule has 2 N–H and O–H groups in total. The summed E-state index contributed by atoms with van der Waals surface area (Å²) in [6.45, 7) is 2.23. The van der Waals surface area contributed by atoms with Crippen molar-refractivity contribution in [3.8, 4) is 0 Å². The number of aliphatic hydroxyl groups excluding tert-OH is 1. The van der Waals surface area contributed by atoms with Crippen LogP contribution in [0.2, 0.25) is 0 Å². The third-order valence-electron chi connectivity index (χ3n) is 5.54. The second-order valence-electron chi connectivity index (χ2n) is 7.65. The predicted molar refractivity (Wildman–Crippen MR) is 114 cm³/mol. The molecule has 0 radical (unpaired) electrons. The number of thiophene rings is 1. The molecule has 3 nitrogen and oxygen atoms in total. The molecule has 4 atom stereocenters. The van der Waals surface area contributed by atoms with Crippen molar-refractivity contribution in [3.63, 3.8) is 0 Å². The van der Waals surface area contributed by atoms with Crippen LogP contribution in [0.1, 0.15) is 79.3 Å². The SMILES string of the molecule is CCCCCCC/C=C/[C@@H]1[C@@H](CCCc2ccc(C(=O)O)s2)[C@H](Cl)C[C@H]1O. The Morgan fingerprint density at radius 1 is 1.26 bits per heavy atom. The van der Waals surface area contributed by atoms with Crippen LogP contribution in [-0.2, 0) is 6.42 Å². The number of rotatable bonds is 12. The highest BCUT2D eigenvalue weighted by Crippen LogP contribution is 2.40. The van der Waals surface area contributed by atoms with Gasteiger partial charge in [-0.25, -0.2) is 4.79 Å². The van der Waals surface area contributed by atoms with Gasteiger partial charge in [-0.2, -0.15) is 0 Å². The lowest BCUT2D eigenvalue weighted by atomic mass is 9.89. The van der Waals surface area contributed by atoms with Gasteiger partial charge < -0.3 is 10.2 Å². The van der Waals surface area contributed by atoms with Gasteiger partial charge in [0.05, 0.1) is 6.10 Å². The van der Waals surface area contributed by atoms with E-state index in [-0.39, 0.29) is 17.4 Å². The summed E-state index contributed by atoms with van der Waals surface area (Å²) in [7, 11) is 0. The second kappa shape index (κ2) is 11.9. The molecule has 1 heterocycles. The Bertz CT molecular complexity index is 598. The van der Waals surface area contributed by atoms with Crippen molar-refractivity contribution in [2.24, 2.45) is 11.8 Å². The molecule has 0 aliphatic heterocycles. The Morgan fingerprint density at radius 3 is 2.74 bits per heavy atom. The summed E-state index contributed by atoms with van der Waals surface area (Å²) in [6.07, 6.45) is 15.1. The van der Waals surface area contributed by atoms with E-state index in [1.807, 2.05) is 6.07 Å². The van der Waals surface area contributed by atoms with Crippen LogP contribution in [0.15, 0.2) is 24.3 Å². The van der Waals surface area contributed by atoms with Crippen molar-refractivity contribution in [3.05, 3.63) is 34.0 Å². The van der Waals surface area contributed by atoms with E-state index >= 15 is 0 Å². The number of carboxylic acids is 1. The number of carboxylic acid groups (broad SMARTS) is 1. The van der Waals surface area contributed by atoms with Gasteiger partial charge in [-0.15, -0.1) is 22.9 Å². The number of aryl methyl sites for hydroxylation is 1. The minimum absolute atomic E-state index is 0.0251. The number of hydrogen-bond acceptors (Lipinski definition) is 3. The molecule has 152 valence electrons. The van der Waals surface area contributed by atoms with Gasteiger partial charge in [-0.05, 0) is 56.6 Å². The fraction of sp³-hybridized carbons (Fsp3) is 0.682. The van der Waals surface area contributed by atoms with E-state index < -0.39 is 5.97 Å². The first-order valence-electron chi connectivity index (χ1n) is 10.3. The molecular formula is C22H33ClO3S. The highest BCUT2D eigenvalue weighted by Gasteiger charge is 2.39. The summed E-state index contributed by atoms with van der Waals surface area (Å²) in [4.78, 5) is 12.5. The molecule has 27 heavy (non-hydrogen) atoms. The first-order valence-corrected chi connectivity index (χ1v) is 11.6. The molecule has 1 saturated carbocycles. The van der Waals surface area contributed by atoms with Crippen molar-refractivity contribution in [2.75, 3.05) is 0 Å². The van der Waals surface area contributed by atoms with Crippen molar-refractivity contribution >= 4 is 28.9 Å². The van der Waals surface area contributed by atoms with E-state index in [0.717, 1.165) is 30.6 Å². The van der Waals surface area contributed by atoms with Crippen LogP contribution < -0.4 is 0 Å². The first-order chi connectivity index (χ1) is 13.0. The second-order valence-corrected chi connectivity index (χ2v) is 9.38. The Morgan fingerprint density at radius 2 is 2.04 bits per heavy atom. The summed E-state index contributed by atoms with van der Waals surface area (Å²) < 4.78 is 0. The zero-order chi connectivity index (χ0) is 19.6. The van der Waals surface area contributed by atoms with Crippen LogP contribution in [0.25, 0.3) is 0 Å². The molecule has 1 aliphatic rings. The fourth-order valence-electron chi connectivity index (χ4n) is 3.99. The van der Waals surface area contributed by atoms with Crippen molar-refractivity contribution < 1.29 is 15.0 Å². The van der Waals surface area contributed by atoms with Crippen LogP contribution in [0.5, 0.6) is 0 Å². The van der Waals surface area contributed by atoms with Gasteiger partial charge >= 0.3 is 5.97 Å². The lowest BCUT2D eigenvalue weighted by Crippen LogP contribution is -2.18. The van der Waals surface area contributed by atoms with E-state index in [0.29, 0.717) is 17.2 Å². The predicted octanol–water partition coefficient (Wildman–Crippen LogP) is 6.29. The van der Waals surface area contributed by atoms with Gasteiger partial charge in [-0.3, -0.25) is 0 Å². The Hall–Kier alpha value is -0.840. The number of halogens is 1. The molecule has 0 unspecified atom stereocenters. The van der Waals surface area contributed by atoms with Gasteiger partial charge in [0.1, 0.15) is 4.88 Å². The molecule has 5 heteroatoms. The molecule has 2 rings (SSSR count). The van der Waals surface area contributed by atoms with Crippen molar-refractivity contribution in [2.45, 2.75) is 82.6 Å². The van der Waals surface area contributed by atoms with E-state index in [2.05, 4.69) is 19.1 Å². The first kappa shape index (κ1) is 22.4. The number of carbonyl (C=O) groups is 1. The maximum Gasteiger partial charge on any atom is 0.345 e. The quantitative estimate of drug-likeness (QED) is 0.241. The largest absolute Gasteiger partial charge is 0.477 e. The Balaban J connectivity index is 1.77. The average Bonchev–Trinajstić information content (AvgIpc) is 3.20. The van der Waals surface area contributed by atoms with Gasteiger partial charge in [-0.1, -0.05) is 44.8 Å². The Kier molecular flexibility index (Phi) is 9.88. The van der Waals surface area contributed by atoms with Crippen molar-refractivity contribution in [1.29, 1.82) is 0 Å². The lowest BCUT2D eigenvalue weighted by Gasteiger charge is -2.20. The maximum absolute atomic E-state index is 11.0. The molecule has 1 aromatic heterocycles. The van der Waals surface area contributed by atoms with Gasteiger partial charge in [0.15, 0.2) is 0 Å². The topological polar surface area (TPSA) is 57.5 Å². The normalized spacial score (nSPS) is 25.4. The average molecular weight is 413 g/mol. The molecule has 0 amide bonds. The van der Waals surface area contributed by atoms with Gasteiger partial charge in [0.2, 0.25) is 0 Å². The van der Waals surface area contributed by atoms with Crippen LogP contribution in [0.3, 0.4) is 0 Å². The maximum atomic E-state index is 11.0. The van der Waals surface area contributed by atoms with Crippen LogP contribution in [0, 0.1) is 11.8 Å². The smallest absolute Gasteiger partial charge is 0.345 e. The van der Waals surface area contributed by atoms with Gasteiger partial charge in [0, 0.05) is 16.2 Å². The monoisotopic (exact) mass is 412 g/mol. The highest BCUT2D eigenvalue weighted by molar-refractivity contribution is 7.13. The molecule has 0 saturated heterocycles. The zero-order valence-corrected chi connectivity index (χ0v) is 17.9. The lowest BCUT2D eigenvalue weighted by molar-refractivity contribution is 0.0702. The zero-order valence-electron chi connectivity index (χ0n) is 16.3. The summed E-state index contributed by atoms with van der Waals surface area (Å²) >= 11 is 7.88. The molecule has 1 aromatic rings. The van der Waals surface area contributed by atoms with Crippen LogP contribution in [0.4, 0.5) is 0 Å².